The van der Waals surface area contributed by atoms with Crippen LogP contribution in [-0.2, 0) is 0 Å². The molecule has 0 saturated carbocycles. The molecule has 1 atom stereocenters. The molecule has 1 rings (SSSR count). The molecule has 1 aromatic rings. The van der Waals surface area contributed by atoms with Crippen LogP contribution >= 0.6 is 28.1 Å². The molecule has 0 aliphatic rings. The number of nitrogens with two attached hydrogens (primary N) is 1. The highest BCUT2D eigenvalue weighted by Gasteiger charge is 2.21. The maximum absolute atomic E-state index is 12.1. The average Bonchev–Trinajstić information content (AvgIpc) is 2.26. The van der Waals surface area contributed by atoms with Crippen LogP contribution in [0.25, 0.3) is 0 Å². The summed E-state index contributed by atoms with van der Waals surface area (Å²) >= 11 is 8.04. The fraction of sp³-hybridized carbons (Fsp3) is 0.273. The molecule has 0 spiro atoms. The first kappa shape index (κ1) is 13.9. The van der Waals surface area contributed by atoms with E-state index in [1.165, 1.54) is 11.0 Å². The number of thiocarbonyl (C=S) groups is 1. The van der Waals surface area contributed by atoms with Gasteiger partial charge in [-0.15, -0.1) is 0 Å². The second-order valence-electron chi connectivity index (χ2n) is 3.66. The summed E-state index contributed by atoms with van der Waals surface area (Å²) < 4.78 is 0.705. The molecule has 0 heterocycles. The predicted octanol–water partition coefficient (Wildman–Crippen LogP) is 1.90. The summed E-state index contributed by atoms with van der Waals surface area (Å²) in [5, 5.41) is 9.69. The zero-order valence-corrected chi connectivity index (χ0v) is 11.9. The van der Waals surface area contributed by atoms with E-state index in [-0.39, 0.29) is 28.3 Å². The number of aromatic hydroxyl groups is 1. The number of phenols is 1. The monoisotopic (exact) mass is 316 g/mol. The van der Waals surface area contributed by atoms with Gasteiger partial charge in [0.05, 0.1) is 16.6 Å². The maximum Gasteiger partial charge on any atom is 0.257 e. The van der Waals surface area contributed by atoms with Crippen LogP contribution in [0.5, 0.6) is 5.75 Å². The first-order valence-electron chi connectivity index (χ1n) is 4.89. The van der Waals surface area contributed by atoms with Crippen LogP contribution in [0.2, 0.25) is 0 Å². The molecular formula is C11H13BrN2O2S. The first-order chi connectivity index (χ1) is 7.84. The summed E-state index contributed by atoms with van der Waals surface area (Å²) in [4.78, 5) is 13.7. The van der Waals surface area contributed by atoms with Gasteiger partial charge in [-0.05, 0) is 25.1 Å². The van der Waals surface area contributed by atoms with Crippen LogP contribution in [0.3, 0.4) is 0 Å². The van der Waals surface area contributed by atoms with Crippen LogP contribution < -0.4 is 5.73 Å². The van der Waals surface area contributed by atoms with Crippen molar-refractivity contribution in [3.05, 3.63) is 28.2 Å². The predicted molar refractivity (Wildman–Crippen MR) is 74.1 cm³/mol. The molecule has 0 fully saturated rings. The molecule has 4 nitrogen and oxygen atoms in total. The number of nitrogens with zero attached hydrogens (tertiary/aromatic N) is 1. The van der Waals surface area contributed by atoms with E-state index in [1.807, 2.05) is 0 Å². The summed E-state index contributed by atoms with van der Waals surface area (Å²) in [6.07, 6.45) is 0. The van der Waals surface area contributed by atoms with Crippen molar-refractivity contribution in [2.45, 2.75) is 13.0 Å². The number of halogens is 1. The lowest BCUT2D eigenvalue weighted by Crippen LogP contribution is -2.42. The Morgan fingerprint density at radius 1 is 1.59 bits per heavy atom. The van der Waals surface area contributed by atoms with Crippen molar-refractivity contribution in [3.8, 4) is 5.75 Å². The van der Waals surface area contributed by atoms with E-state index >= 15 is 0 Å². The number of hydrogen-bond donors (Lipinski definition) is 2. The van der Waals surface area contributed by atoms with Crippen LogP contribution in [0, 0.1) is 0 Å². The fourth-order valence-electron chi connectivity index (χ4n) is 1.24. The van der Waals surface area contributed by atoms with E-state index < -0.39 is 0 Å². The van der Waals surface area contributed by atoms with Gasteiger partial charge < -0.3 is 15.7 Å². The molecule has 0 aliphatic heterocycles. The van der Waals surface area contributed by atoms with Crippen molar-refractivity contribution >= 4 is 39.0 Å². The third-order valence-electron chi connectivity index (χ3n) is 2.50. The molecular weight excluding hydrogens is 304 g/mol. The first-order valence-corrected chi connectivity index (χ1v) is 6.09. The lowest BCUT2D eigenvalue weighted by molar-refractivity contribution is 0.0776. The highest BCUT2D eigenvalue weighted by molar-refractivity contribution is 9.10. The number of hydrogen-bond acceptors (Lipinski definition) is 3. The summed E-state index contributed by atoms with van der Waals surface area (Å²) in [6, 6.07) is 4.34. The molecule has 6 heteroatoms. The number of benzene rings is 1. The summed E-state index contributed by atoms with van der Waals surface area (Å²) in [7, 11) is 1.59. The van der Waals surface area contributed by atoms with E-state index in [4.69, 9.17) is 18.0 Å². The van der Waals surface area contributed by atoms with Crippen molar-refractivity contribution < 1.29 is 9.90 Å². The van der Waals surface area contributed by atoms with E-state index in [1.54, 1.807) is 26.1 Å². The molecule has 1 unspecified atom stereocenters. The number of phenolic OH excluding ortho intramolecular Hbond substituents is 1. The highest BCUT2D eigenvalue weighted by atomic mass is 79.9. The van der Waals surface area contributed by atoms with E-state index in [2.05, 4.69) is 15.9 Å². The number of carbonyl (C=O) groups is 1. The molecule has 0 aliphatic carbocycles. The highest BCUT2D eigenvalue weighted by Crippen LogP contribution is 2.23. The third-order valence-corrected chi connectivity index (χ3v) is 3.34. The number of likely N-dealkylation sites (N-methyl/N-ethyl adjacent to an activating group) is 1. The zero-order chi connectivity index (χ0) is 13.2. The lowest BCUT2D eigenvalue weighted by atomic mass is 10.1. The molecule has 1 aromatic carbocycles. The molecule has 3 N–H and O–H groups in total. The Bertz CT molecular complexity index is 465. The minimum atomic E-state index is -0.361. The lowest BCUT2D eigenvalue weighted by Gasteiger charge is -2.24. The Morgan fingerprint density at radius 2 is 2.18 bits per heavy atom. The molecule has 92 valence electrons. The Balaban J connectivity index is 3.00. The maximum atomic E-state index is 12.1. The van der Waals surface area contributed by atoms with Crippen molar-refractivity contribution in [3.63, 3.8) is 0 Å². The van der Waals surface area contributed by atoms with Crippen molar-refractivity contribution in [2.24, 2.45) is 5.73 Å². The molecule has 0 bridgehead atoms. The van der Waals surface area contributed by atoms with E-state index in [0.717, 1.165) is 0 Å². The second-order valence-corrected chi connectivity index (χ2v) is 5.04. The van der Waals surface area contributed by atoms with Crippen molar-refractivity contribution in [1.82, 2.24) is 4.90 Å². The molecule has 0 saturated heterocycles. The summed E-state index contributed by atoms with van der Waals surface area (Å²) in [5.74, 6) is -0.401. The summed E-state index contributed by atoms with van der Waals surface area (Å²) in [5.41, 5.74) is 5.70. The van der Waals surface area contributed by atoms with Gasteiger partial charge in [0.2, 0.25) is 0 Å². The SMILES string of the molecule is CC(C(N)=S)N(C)C(=O)c1ccc(Br)cc1O. The third kappa shape index (κ3) is 3.17. The smallest absolute Gasteiger partial charge is 0.257 e. The van der Waals surface area contributed by atoms with Gasteiger partial charge in [0, 0.05) is 11.5 Å². The zero-order valence-electron chi connectivity index (χ0n) is 9.48. The minimum Gasteiger partial charge on any atom is -0.507 e. The molecule has 17 heavy (non-hydrogen) atoms. The van der Waals surface area contributed by atoms with Crippen LogP contribution in [0.4, 0.5) is 0 Å². The van der Waals surface area contributed by atoms with Crippen molar-refractivity contribution in [1.29, 1.82) is 0 Å². The standard InChI is InChI=1S/C11H13BrN2O2S/c1-6(10(13)17)14(2)11(16)8-4-3-7(12)5-9(8)15/h3-6,15H,1-2H3,(H2,13,17). The average molecular weight is 317 g/mol. The van der Waals surface area contributed by atoms with Gasteiger partial charge in [-0.1, -0.05) is 28.1 Å². The topological polar surface area (TPSA) is 66.6 Å². The normalized spacial score (nSPS) is 11.9. The number of rotatable bonds is 3. The number of amides is 1. The van der Waals surface area contributed by atoms with Crippen LogP contribution in [-0.4, -0.2) is 34.0 Å². The molecule has 0 aromatic heterocycles. The van der Waals surface area contributed by atoms with Gasteiger partial charge in [0.15, 0.2) is 0 Å². The van der Waals surface area contributed by atoms with Gasteiger partial charge >= 0.3 is 0 Å². The Morgan fingerprint density at radius 3 is 2.65 bits per heavy atom. The Labute approximate surface area is 114 Å². The minimum absolute atomic E-state index is 0.0774. The van der Waals surface area contributed by atoms with Gasteiger partial charge in [-0.3, -0.25) is 4.79 Å². The van der Waals surface area contributed by atoms with Gasteiger partial charge in [-0.2, -0.15) is 0 Å². The van der Waals surface area contributed by atoms with Crippen LogP contribution in [0.1, 0.15) is 17.3 Å². The van der Waals surface area contributed by atoms with Gasteiger partial charge in [0.25, 0.3) is 5.91 Å². The van der Waals surface area contributed by atoms with Gasteiger partial charge in [0.1, 0.15) is 5.75 Å². The second kappa shape index (κ2) is 5.46. The quantitative estimate of drug-likeness (QED) is 0.836. The van der Waals surface area contributed by atoms with Crippen LogP contribution in [0.15, 0.2) is 22.7 Å². The Hall–Kier alpha value is -1.14. The molecule has 0 radical (unpaired) electrons. The fourth-order valence-corrected chi connectivity index (χ4v) is 1.75. The number of carbonyl (C=O) groups excluding carboxylic acids is 1. The largest absolute Gasteiger partial charge is 0.507 e. The van der Waals surface area contributed by atoms with Crippen molar-refractivity contribution in [2.75, 3.05) is 7.05 Å². The van der Waals surface area contributed by atoms with E-state index in [9.17, 15) is 9.90 Å². The van der Waals surface area contributed by atoms with E-state index in [0.29, 0.717) is 4.47 Å². The Kier molecular flexibility index (Phi) is 4.47. The van der Waals surface area contributed by atoms with Gasteiger partial charge in [-0.25, -0.2) is 0 Å². The summed E-state index contributed by atoms with van der Waals surface area (Å²) in [6.45, 7) is 1.73. The molecule has 1 amide bonds.